The SMILES string of the molecule is CCN1NNN=C1SC. The third-order valence-corrected chi connectivity index (χ3v) is 1.74. The van der Waals surface area contributed by atoms with Crippen molar-refractivity contribution in [2.75, 3.05) is 12.8 Å². The van der Waals surface area contributed by atoms with Crippen LogP contribution in [0.2, 0.25) is 0 Å². The highest BCUT2D eigenvalue weighted by Gasteiger charge is 2.11. The summed E-state index contributed by atoms with van der Waals surface area (Å²) in [6.45, 7) is 2.98. The summed E-state index contributed by atoms with van der Waals surface area (Å²) in [5.41, 5.74) is 5.53. The topological polar surface area (TPSA) is 39.7 Å². The van der Waals surface area contributed by atoms with Crippen LogP contribution < -0.4 is 11.1 Å². The fourth-order valence-electron chi connectivity index (χ4n) is 0.612. The third-order valence-electron chi connectivity index (χ3n) is 1.07. The molecule has 0 fully saturated rings. The second kappa shape index (κ2) is 2.93. The largest absolute Gasteiger partial charge is 0.266 e. The normalized spacial score (nSPS) is 17.6. The molecule has 1 rings (SSSR count). The highest BCUT2D eigenvalue weighted by atomic mass is 32.2. The monoisotopic (exact) mass is 146 g/mol. The predicted octanol–water partition coefficient (Wildman–Crippen LogP) is -0.0349. The molecule has 0 atom stereocenters. The number of hydrazone groups is 1. The Morgan fingerprint density at radius 2 is 2.56 bits per heavy atom. The van der Waals surface area contributed by atoms with E-state index < -0.39 is 0 Å². The van der Waals surface area contributed by atoms with Crippen molar-refractivity contribution in [1.82, 2.24) is 16.1 Å². The van der Waals surface area contributed by atoms with E-state index in [1.165, 1.54) is 0 Å². The number of nitrogens with one attached hydrogen (secondary N) is 2. The summed E-state index contributed by atoms with van der Waals surface area (Å²) in [6.07, 6.45) is 2.00. The molecule has 0 radical (unpaired) electrons. The lowest BCUT2D eigenvalue weighted by Crippen LogP contribution is -2.39. The Morgan fingerprint density at radius 3 is 3.00 bits per heavy atom. The first-order chi connectivity index (χ1) is 4.38. The van der Waals surface area contributed by atoms with Crippen molar-refractivity contribution >= 4 is 16.9 Å². The van der Waals surface area contributed by atoms with Gasteiger partial charge in [-0.25, -0.2) is 5.53 Å². The zero-order chi connectivity index (χ0) is 6.69. The maximum atomic E-state index is 3.95. The van der Waals surface area contributed by atoms with Crippen LogP contribution in [0.4, 0.5) is 0 Å². The molecule has 0 saturated heterocycles. The average Bonchev–Trinajstić information content (AvgIpc) is 2.33. The van der Waals surface area contributed by atoms with Crippen LogP contribution in [-0.4, -0.2) is 23.0 Å². The van der Waals surface area contributed by atoms with Gasteiger partial charge in [-0.1, -0.05) is 11.8 Å². The van der Waals surface area contributed by atoms with E-state index in [-0.39, 0.29) is 0 Å². The van der Waals surface area contributed by atoms with Crippen molar-refractivity contribution in [3.8, 4) is 0 Å². The molecular formula is C4H10N4S. The van der Waals surface area contributed by atoms with Crippen LogP contribution in [0.1, 0.15) is 6.92 Å². The summed E-state index contributed by atoms with van der Waals surface area (Å²) < 4.78 is 0. The number of hydrogen-bond donors (Lipinski definition) is 2. The summed E-state index contributed by atoms with van der Waals surface area (Å²) in [7, 11) is 0. The van der Waals surface area contributed by atoms with Crippen LogP contribution in [0, 0.1) is 0 Å². The van der Waals surface area contributed by atoms with Gasteiger partial charge in [0.2, 0.25) is 0 Å². The Labute approximate surface area is 58.6 Å². The Balaban J connectivity index is 2.47. The highest BCUT2D eigenvalue weighted by molar-refractivity contribution is 8.13. The summed E-state index contributed by atoms with van der Waals surface area (Å²) >= 11 is 1.62. The smallest absolute Gasteiger partial charge is 0.199 e. The number of nitrogens with zero attached hydrogens (tertiary/aromatic N) is 2. The molecule has 2 N–H and O–H groups in total. The minimum Gasteiger partial charge on any atom is -0.266 e. The minimum atomic E-state index is 0.923. The van der Waals surface area contributed by atoms with Crippen molar-refractivity contribution in [1.29, 1.82) is 0 Å². The molecule has 0 saturated carbocycles. The van der Waals surface area contributed by atoms with Crippen LogP contribution in [0.5, 0.6) is 0 Å². The number of amidine groups is 1. The molecule has 0 aliphatic carbocycles. The van der Waals surface area contributed by atoms with Crippen molar-refractivity contribution in [3.63, 3.8) is 0 Å². The van der Waals surface area contributed by atoms with E-state index in [1.807, 2.05) is 11.3 Å². The maximum Gasteiger partial charge on any atom is 0.199 e. The van der Waals surface area contributed by atoms with E-state index in [0.29, 0.717) is 0 Å². The lowest BCUT2D eigenvalue weighted by atomic mass is 10.7. The van der Waals surface area contributed by atoms with Gasteiger partial charge in [0.05, 0.1) is 0 Å². The first-order valence-corrected chi connectivity index (χ1v) is 4.00. The molecule has 4 nitrogen and oxygen atoms in total. The summed E-state index contributed by atoms with van der Waals surface area (Å²) in [6, 6.07) is 0. The van der Waals surface area contributed by atoms with E-state index in [0.717, 1.165) is 11.7 Å². The van der Waals surface area contributed by atoms with E-state index in [2.05, 4.69) is 23.1 Å². The van der Waals surface area contributed by atoms with Crippen LogP contribution in [-0.2, 0) is 0 Å². The Bertz CT molecular complexity index is 124. The van der Waals surface area contributed by atoms with Gasteiger partial charge in [0.15, 0.2) is 5.17 Å². The molecule has 0 spiro atoms. The number of rotatable bonds is 1. The van der Waals surface area contributed by atoms with Crippen molar-refractivity contribution in [2.24, 2.45) is 5.10 Å². The Kier molecular flexibility index (Phi) is 2.18. The number of hydrogen-bond acceptors (Lipinski definition) is 5. The molecule has 52 valence electrons. The zero-order valence-corrected chi connectivity index (χ0v) is 6.33. The Hall–Kier alpha value is -0.420. The zero-order valence-electron chi connectivity index (χ0n) is 5.51. The fourth-order valence-corrected chi connectivity index (χ4v) is 1.14. The second-order valence-corrected chi connectivity index (χ2v) is 2.34. The first-order valence-electron chi connectivity index (χ1n) is 2.78. The van der Waals surface area contributed by atoms with Gasteiger partial charge in [-0.05, 0) is 13.2 Å². The summed E-state index contributed by atoms with van der Waals surface area (Å²) in [4.78, 5) is 0. The Morgan fingerprint density at radius 1 is 1.78 bits per heavy atom. The molecule has 0 aromatic rings. The van der Waals surface area contributed by atoms with Gasteiger partial charge in [0.25, 0.3) is 0 Å². The molecular weight excluding hydrogens is 136 g/mol. The van der Waals surface area contributed by atoms with E-state index >= 15 is 0 Å². The van der Waals surface area contributed by atoms with Crippen LogP contribution in [0.3, 0.4) is 0 Å². The van der Waals surface area contributed by atoms with Crippen LogP contribution in [0.15, 0.2) is 5.10 Å². The number of hydrazine groups is 2. The summed E-state index contributed by atoms with van der Waals surface area (Å²) in [5.74, 6) is 0. The van der Waals surface area contributed by atoms with Gasteiger partial charge >= 0.3 is 0 Å². The molecule has 1 aliphatic rings. The molecule has 0 unspecified atom stereocenters. The van der Waals surface area contributed by atoms with E-state index in [1.54, 1.807) is 11.8 Å². The summed E-state index contributed by atoms with van der Waals surface area (Å²) in [5, 5.41) is 6.87. The number of thioether (sulfide) groups is 1. The fraction of sp³-hybridized carbons (Fsp3) is 0.750. The molecule has 1 heterocycles. The van der Waals surface area contributed by atoms with Gasteiger partial charge in [-0.2, -0.15) is 0 Å². The first kappa shape index (κ1) is 6.70. The molecule has 9 heavy (non-hydrogen) atoms. The lowest BCUT2D eigenvalue weighted by molar-refractivity contribution is 0.312. The molecule has 1 aliphatic heterocycles. The predicted molar refractivity (Wildman–Crippen MR) is 39.6 cm³/mol. The van der Waals surface area contributed by atoms with E-state index in [4.69, 9.17) is 0 Å². The van der Waals surface area contributed by atoms with E-state index in [9.17, 15) is 0 Å². The van der Waals surface area contributed by atoms with Crippen molar-refractivity contribution in [2.45, 2.75) is 6.92 Å². The van der Waals surface area contributed by atoms with Crippen molar-refractivity contribution in [3.05, 3.63) is 0 Å². The lowest BCUT2D eigenvalue weighted by Gasteiger charge is -2.13. The van der Waals surface area contributed by atoms with Gasteiger partial charge in [0, 0.05) is 6.54 Å². The van der Waals surface area contributed by atoms with Gasteiger partial charge in [-0.15, -0.1) is 10.6 Å². The van der Waals surface area contributed by atoms with Gasteiger partial charge < -0.3 is 0 Å². The second-order valence-electron chi connectivity index (χ2n) is 1.57. The van der Waals surface area contributed by atoms with Gasteiger partial charge in [-0.3, -0.25) is 5.01 Å². The van der Waals surface area contributed by atoms with Crippen molar-refractivity contribution < 1.29 is 0 Å². The van der Waals surface area contributed by atoms with Crippen LogP contribution >= 0.6 is 11.8 Å². The standard InChI is InChI=1S/C4H10N4S/c1-3-8-4(9-2)5-6-7-8/h6-7H,3H2,1-2H3. The molecule has 0 aromatic heterocycles. The van der Waals surface area contributed by atoms with Gasteiger partial charge in [0.1, 0.15) is 0 Å². The molecule has 0 bridgehead atoms. The molecule has 0 aromatic carbocycles. The van der Waals surface area contributed by atoms with Crippen LogP contribution in [0.25, 0.3) is 0 Å². The average molecular weight is 146 g/mol. The quantitative estimate of drug-likeness (QED) is 0.545. The highest BCUT2D eigenvalue weighted by Crippen LogP contribution is 2.03. The third kappa shape index (κ3) is 1.28. The maximum absolute atomic E-state index is 3.95. The molecule has 0 amide bonds. The molecule has 5 heteroatoms. The minimum absolute atomic E-state index is 0.923.